The van der Waals surface area contributed by atoms with Gasteiger partial charge in [0, 0.05) is 35.8 Å². The van der Waals surface area contributed by atoms with E-state index in [1.165, 1.54) is 18.2 Å². The van der Waals surface area contributed by atoms with Gasteiger partial charge in [-0.05, 0) is 48.4 Å². The van der Waals surface area contributed by atoms with Gasteiger partial charge in [-0.3, -0.25) is 4.79 Å². The Labute approximate surface area is 150 Å². The molecule has 0 bridgehead atoms. The summed E-state index contributed by atoms with van der Waals surface area (Å²) >= 11 is 0. The van der Waals surface area contributed by atoms with Crippen LogP contribution in [0.1, 0.15) is 37.5 Å². The number of aryl methyl sites for hydroxylation is 2. The number of amides is 1. The van der Waals surface area contributed by atoms with Crippen LogP contribution in [0.25, 0.3) is 10.9 Å². The lowest BCUT2D eigenvalue weighted by Crippen LogP contribution is -2.23. The van der Waals surface area contributed by atoms with Crippen LogP contribution in [0.5, 0.6) is 0 Å². The standard InChI is InChI=1S/C20H20N2O4/c1-12-7-16-8-13(3-6-18(16)22(12)2)10-21-19(24)14-4-5-15(11-23)17(9-14)20(25)26/h3-9,23H,10-11H2,1-2H3,(H,21,24)(H,25,26). The molecule has 3 N–H and O–H groups in total. The first-order chi connectivity index (χ1) is 12.4. The molecule has 0 fully saturated rings. The highest BCUT2D eigenvalue weighted by Crippen LogP contribution is 2.20. The van der Waals surface area contributed by atoms with Gasteiger partial charge in [0.2, 0.25) is 0 Å². The number of nitrogens with one attached hydrogen (secondary N) is 1. The molecule has 3 rings (SSSR count). The fourth-order valence-electron chi connectivity index (χ4n) is 2.99. The van der Waals surface area contributed by atoms with Crippen LogP contribution in [0.2, 0.25) is 0 Å². The average molecular weight is 352 g/mol. The fourth-order valence-corrected chi connectivity index (χ4v) is 2.99. The smallest absolute Gasteiger partial charge is 0.336 e. The number of hydrogen-bond acceptors (Lipinski definition) is 3. The maximum Gasteiger partial charge on any atom is 0.336 e. The number of carboxylic acid groups (broad SMARTS) is 1. The summed E-state index contributed by atoms with van der Waals surface area (Å²) in [5.74, 6) is -1.53. The summed E-state index contributed by atoms with van der Waals surface area (Å²) in [7, 11) is 2.01. The molecule has 26 heavy (non-hydrogen) atoms. The molecule has 6 nitrogen and oxygen atoms in total. The third-order valence-electron chi connectivity index (χ3n) is 4.57. The highest BCUT2D eigenvalue weighted by molar-refractivity contribution is 5.98. The summed E-state index contributed by atoms with van der Waals surface area (Å²) in [4.78, 5) is 23.6. The topological polar surface area (TPSA) is 91.6 Å². The molecule has 0 aliphatic heterocycles. The average Bonchev–Trinajstić information content (AvgIpc) is 2.92. The minimum atomic E-state index is -1.17. The largest absolute Gasteiger partial charge is 0.478 e. The molecule has 1 heterocycles. The van der Waals surface area contributed by atoms with E-state index in [0.29, 0.717) is 6.54 Å². The molecule has 6 heteroatoms. The third kappa shape index (κ3) is 3.32. The summed E-state index contributed by atoms with van der Waals surface area (Å²) in [6, 6.07) is 12.3. The van der Waals surface area contributed by atoms with Crippen molar-refractivity contribution in [3.05, 3.63) is 70.4 Å². The SMILES string of the molecule is Cc1cc2cc(CNC(=O)c3ccc(CO)c(C(=O)O)c3)ccc2n1C. The number of aliphatic hydroxyl groups is 1. The van der Waals surface area contributed by atoms with Crippen LogP contribution in [0.15, 0.2) is 42.5 Å². The Morgan fingerprint density at radius 1 is 1.12 bits per heavy atom. The number of carbonyl (C=O) groups is 2. The molecular formula is C20H20N2O4. The zero-order valence-corrected chi connectivity index (χ0v) is 14.6. The number of fused-ring (bicyclic) bond motifs is 1. The minimum absolute atomic E-state index is 0.0682. The second-order valence-electron chi connectivity index (χ2n) is 6.26. The number of hydrogen-bond donors (Lipinski definition) is 3. The highest BCUT2D eigenvalue weighted by atomic mass is 16.4. The number of carboxylic acids is 1. The van der Waals surface area contributed by atoms with Crippen LogP contribution >= 0.6 is 0 Å². The molecule has 1 amide bonds. The Kier molecular flexibility index (Phi) is 4.77. The zero-order valence-electron chi connectivity index (χ0n) is 14.6. The van der Waals surface area contributed by atoms with E-state index < -0.39 is 5.97 Å². The van der Waals surface area contributed by atoms with Gasteiger partial charge in [-0.15, -0.1) is 0 Å². The molecule has 2 aromatic carbocycles. The maximum absolute atomic E-state index is 12.3. The Bertz CT molecular complexity index is 1000. The predicted octanol–water partition coefficient (Wildman–Crippen LogP) is 2.61. The summed E-state index contributed by atoms with van der Waals surface area (Å²) in [6.07, 6.45) is 0. The molecule has 0 radical (unpaired) electrons. The Morgan fingerprint density at radius 3 is 2.58 bits per heavy atom. The molecule has 0 spiro atoms. The number of aromatic nitrogens is 1. The van der Waals surface area contributed by atoms with Crippen LogP contribution in [-0.4, -0.2) is 26.7 Å². The van der Waals surface area contributed by atoms with Crippen molar-refractivity contribution in [3.8, 4) is 0 Å². The van der Waals surface area contributed by atoms with E-state index in [-0.39, 0.29) is 29.2 Å². The minimum Gasteiger partial charge on any atom is -0.478 e. The van der Waals surface area contributed by atoms with E-state index in [1.54, 1.807) is 0 Å². The van der Waals surface area contributed by atoms with Gasteiger partial charge in [-0.2, -0.15) is 0 Å². The van der Waals surface area contributed by atoms with Crippen LogP contribution in [0.4, 0.5) is 0 Å². The van der Waals surface area contributed by atoms with E-state index in [0.717, 1.165) is 22.2 Å². The summed E-state index contributed by atoms with van der Waals surface area (Å²) in [5.41, 5.74) is 3.70. The molecule has 0 atom stereocenters. The molecule has 0 unspecified atom stereocenters. The lowest BCUT2D eigenvalue weighted by atomic mass is 10.0. The van der Waals surface area contributed by atoms with Crippen molar-refractivity contribution < 1.29 is 19.8 Å². The number of aliphatic hydroxyl groups excluding tert-OH is 1. The molecule has 0 saturated heterocycles. The first-order valence-corrected chi connectivity index (χ1v) is 8.21. The third-order valence-corrected chi connectivity index (χ3v) is 4.57. The normalized spacial score (nSPS) is 10.9. The van der Waals surface area contributed by atoms with Gasteiger partial charge < -0.3 is 20.1 Å². The molecule has 3 aromatic rings. The van der Waals surface area contributed by atoms with Gasteiger partial charge in [0.05, 0.1) is 12.2 Å². The summed E-state index contributed by atoms with van der Waals surface area (Å²) < 4.78 is 2.10. The highest BCUT2D eigenvalue weighted by Gasteiger charge is 2.14. The maximum atomic E-state index is 12.3. The summed E-state index contributed by atoms with van der Waals surface area (Å²) in [6.45, 7) is 1.99. The zero-order chi connectivity index (χ0) is 18.8. The number of carbonyl (C=O) groups excluding carboxylic acids is 1. The van der Waals surface area contributed by atoms with Crippen LogP contribution in [-0.2, 0) is 20.2 Å². The van der Waals surface area contributed by atoms with Crippen molar-refractivity contribution in [2.45, 2.75) is 20.1 Å². The Hall–Kier alpha value is -3.12. The molecule has 134 valence electrons. The van der Waals surface area contributed by atoms with Crippen molar-refractivity contribution in [2.24, 2.45) is 7.05 Å². The van der Waals surface area contributed by atoms with Crippen molar-refractivity contribution >= 4 is 22.8 Å². The summed E-state index contributed by atoms with van der Waals surface area (Å²) in [5, 5.41) is 22.3. The van der Waals surface area contributed by atoms with E-state index in [1.807, 2.05) is 32.2 Å². The molecule has 0 aliphatic carbocycles. The van der Waals surface area contributed by atoms with Gasteiger partial charge in [-0.25, -0.2) is 4.79 Å². The quantitative estimate of drug-likeness (QED) is 0.658. The first-order valence-electron chi connectivity index (χ1n) is 8.21. The second-order valence-corrected chi connectivity index (χ2v) is 6.26. The van der Waals surface area contributed by atoms with E-state index in [9.17, 15) is 19.8 Å². The Morgan fingerprint density at radius 2 is 1.88 bits per heavy atom. The number of aromatic carboxylic acids is 1. The van der Waals surface area contributed by atoms with E-state index >= 15 is 0 Å². The van der Waals surface area contributed by atoms with E-state index in [4.69, 9.17) is 0 Å². The Balaban J connectivity index is 1.76. The molecule has 1 aromatic heterocycles. The first kappa shape index (κ1) is 17.7. The number of nitrogens with zero attached hydrogens (tertiary/aromatic N) is 1. The van der Waals surface area contributed by atoms with Gasteiger partial charge in [0.25, 0.3) is 5.91 Å². The van der Waals surface area contributed by atoms with Crippen LogP contribution in [0.3, 0.4) is 0 Å². The van der Waals surface area contributed by atoms with Crippen molar-refractivity contribution in [2.75, 3.05) is 0 Å². The van der Waals surface area contributed by atoms with Crippen LogP contribution in [0, 0.1) is 6.92 Å². The van der Waals surface area contributed by atoms with Crippen molar-refractivity contribution in [3.63, 3.8) is 0 Å². The predicted molar refractivity (Wildman–Crippen MR) is 98.2 cm³/mol. The number of rotatable bonds is 5. The number of benzene rings is 2. The van der Waals surface area contributed by atoms with Crippen molar-refractivity contribution in [1.82, 2.24) is 9.88 Å². The lowest BCUT2D eigenvalue weighted by Gasteiger charge is -2.09. The fraction of sp³-hybridized carbons (Fsp3) is 0.200. The van der Waals surface area contributed by atoms with Gasteiger partial charge in [0.15, 0.2) is 0 Å². The van der Waals surface area contributed by atoms with Crippen LogP contribution < -0.4 is 5.32 Å². The van der Waals surface area contributed by atoms with Gasteiger partial charge in [0.1, 0.15) is 0 Å². The van der Waals surface area contributed by atoms with Gasteiger partial charge in [-0.1, -0.05) is 12.1 Å². The molecule has 0 aliphatic rings. The monoisotopic (exact) mass is 352 g/mol. The molecular weight excluding hydrogens is 332 g/mol. The van der Waals surface area contributed by atoms with E-state index in [2.05, 4.69) is 16.0 Å². The lowest BCUT2D eigenvalue weighted by molar-refractivity contribution is 0.0693. The van der Waals surface area contributed by atoms with Crippen molar-refractivity contribution in [1.29, 1.82) is 0 Å². The molecule has 0 saturated carbocycles. The second kappa shape index (κ2) is 7.01. The van der Waals surface area contributed by atoms with Gasteiger partial charge >= 0.3 is 5.97 Å².